The molecule has 0 radical (unpaired) electrons. The van der Waals surface area contributed by atoms with Crippen molar-refractivity contribution in [1.29, 1.82) is 0 Å². The van der Waals surface area contributed by atoms with Crippen molar-refractivity contribution in [3.05, 3.63) is 83.6 Å². The molecule has 160 valence electrons. The van der Waals surface area contributed by atoms with E-state index in [1.165, 1.54) is 24.5 Å². The Balaban J connectivity index is 1.58. The summed E-state index contributed by atoms with van der Waals surface area (Å²) in [7, 11) is -3.75. The van der Waals surface area contributed by atoms with Crippen LogP contribution in [0, 0.1) is 0 Å². The van der Waals surface area contributed by atoms with E-state index in [0.29, 0.717) is 22.0 Å². The normalized spacial score (nSPS) is 11.0. The van der Waals surface area contributed by atoms with Crippen molar-refractivity contribution in [2.45, 2.75) is 11.3 Å². The number of nitrogens with one attached hydrogen (secondary N) is 3. The molecule has 0 bridgehead atoms. The van der Waals surface area contributed by atoms with Crippen LogP contribution in [-0.2, 0) is 14.8 Å². The molecule has 2 aromatic carbocycles. The number of aromatic nitrogens is 1. The molecule has 10 heteroatoms. The quantitative estimate of drug-likeness (QED) is 0.478. The second kappa shape index (κ2) is 10.2. The molecule has 3 rings (SSSR count). The first-order valence-corrected chi connectivity index (χ1v) is 11.1. The van der Waals surface area contributed by atoms with Crippen LogP contribution < -0.4 is 15.4 Å². The van der Waals surface area contributed by atoms with E-state index in [1.807, 2.05) is 0 Å². The lowest BCUT2D eigenvalue weighted by Gasteiger charge is -2.13. The first-order chi connectivity index (χ1) is 14.8. The second-order valence-corrected chi connectivity index (χ2v) is 8.59. The zero-order chi connectivity index (χ0) is 22.3. The lowest BCUT2D eigenvalue weighted by molar-refractivity contribution is -0.116. The van der Waals surface area contributed by atoms with Gasteiger partial charge in [-0.25, -0.2) is 13.1 Å². The highest BCUT2D eigenvalue weighted by Crippen LogP contribution is 2.22. The lowest BCUT2D eigenvalue weighted by atomic mass is 10.2. The van der Waals surface area contributed by atoms with Crippen molar-refractivity contribution in [3.8, 4) is 0 Å². The third-order valence-electron chi connectivity index (χ3n) is 4.14. The van der Waals surface area contributed by atoms with Crippen molar-refractivity contribution >= 4 is 44.8 Å². The summed E-state index contributed by atoms with van der Waals surface area (Å²) in [5, 5.41) is 5.94. The van der Waals surface area contributed by atoms with Crippen LogP contribution in [0.5, 0.6) is 0 Å². The van der Waals surface area contributed by atoms with Crippen LogP contribution in [0.1, 0.15) is 16.8 Å². The predicted octanol–water partition coefficient (Wildman–Crippen LogP) is 3.29. The van der Waals surface area contributed by atoms with Crippen LogP contribution in [0.2, 0.25) is 5.02 Å². The number of pyridine rings is 1. The third-order valence-corrected chi connectivity index (χ3v) is 5.84. The second-order valence-electron chi connectivity index (χ2n) is 6.39. The number of hydrogen-bond donors (Lipinski definition) is 3. The van der Waals surface area contributed by atoms with Gasteiger partial charge in [-0.3, -0.25) is 14.6 Å². The number of anilines is 2. The number of rotatable bonds is 8. The number of amides is 2. The number of nitrogens with zero attached hydrogens (tertiary/aromatic N) is 1. The van der Waals surface area contributed by atoms with Gasteiger partial charge in [-0.05, 0) is 48.5 Å². The molecule has 8 nitrogen and oxygen atoms in total. The van der Waals surface area contributed by atoms with Crippen LogP contribution in [0.15, 0.2) is 78.0 Å². The number of carbonyl (C=O) groups excluding carboxylic acids is 2. The molecule has 0 saturated carbocycles. The molecule has 0 atom stereocenters. The molecule has 3 aromatic rings. The van der Waals surface area contributed by atoms with E-state index < -0.39 is 15.9 Å². The van der Waals surface area contributed by atoms with E-state index in [-0.39, 0.29) is 23.8 Å². The summed E-state index contributed by atoms with van der Waals surface area (Å²) < 4.78 is 26.7. The fourth-order valence-corrected chi connectivity index (χ4v) is 3.72. The first kappa shape index (κ1) is 22.4. The van der Waals surface area contributed by atoms with Crippen LogP contribution >= 0.6 is 11.6 Å². The van der Waals surface area contributed by atoms with Crippen molar-refractivity contribution in [1.82, 2.24) is 9.71 Å². The molecule has 3 N–H and O–H groups in total. The van der Waals surface area contributed by atoms with Gasteiger partial charge < -0.3 is 10.6 Å². The van der Waals surface area contributed by atoms with Gasteiger partial charge in [-0.2, -0.15) is 0 Å². The number of halogens is 1. The predicted molar refractivity (Wildman–Crippen MR) is 119 cm³/mol. The SMILES string of the molecule is O=C(CCNS(=O)(=O)c1cccnc1)Nc1ccccc1NC(=O)c1ccc(Cl)cc1. The zero-order valence-corrected chi connectivity index (χ0v) is 17.8. The third kappa shape index (κ3) is 6.35. The largest absolute Gasteiger partial charge is 0.324 e. The first-order valence-electron chi connectivity index (χ1n) is 9.21. The summed E-state index contributed by atoms with van der Waals surface area (Å²) in [5.41, 5.74) is 1.21. The number of benzene rings is 2. The minimum atomic E-state index is -3.75. The van der Waals surface area contributed by atoms with Gasteiger partial charge in [0.15, 0.2) is 0 Å². The molecule has 0 saturated heterocycles. The molecule has 1 aromatic heterocycles. The number of hydrogen-bond acceptors (Lipinski definition) is 5. The fraction of sp³-hybridized carbons (Fsp3) is 0.0952. The topological polar surface area (TPSA) is 117 Å². The molecule has 0 aliphatic heterocycles. The molecule has 0 unspecified atom stereocenters. The number of sulfonamides is 1. The Hall–Kier alpha value is -3.27. The van der Waals surface area contributed by atoms with E-state index >= 15 is 0 Å². The molecule has 0 aliphatic carbocycles. The van der Waals surface area contributed by atoms with E-state index in [2.05, 4.69) is 20.3 Å². The van der Waals surface area contributed by atoms with Gasteiger partial charge in [0.05, 0.1) is 11.4 Å². The van der Waals surface area contributed by atoms with Gasteiger partial charge in [-0.1, -0.05) is 23.7 Å². The molecule has 1 heterocycles. The maximum absolute atomic E-state index is 12.4. The highest BCUT2D eigenvalue weighted by Gasteiger charge is 2.15. The average Bonchev–Trinajstić information content (AvgIpc) is 2.76. The molecular formula is C21H19ClN4O4S. The molecule has 0 fully saturated rings. The highest BCUT2D eigenvalue weighted by atomic mass is 35.5. The summed E-state index contributed by atoms with van der Waals surface area (Å²) in [4.78, 5) is 28.5. The Morgan fingerprint density at radius 3 is 2.23 bits per heavy atom. The van der Waals surface area contributed by atoms with E-state index in [9.17, 15) is 18.0 Å². The van der Waals surface area contributed by atoms with Crippen LogP contribution in [0.3, 0.4) is 0 Å². The maximum Gasteiger partial charge on any atom is 0.255 e. The van der Waals surface area contributed by atoms with Crippen molar-refractivity contribution in [2.24, 2.45) is 0 Å². The highest BCUT2D eigenvalue weighted by molar-refractivity contribution is 7.89. The maximum atomic E-state index is 12.4. The number of para-hydroxylation sites is 2. The van der Waals surface area contributed by atoms with E-state index in [1.54, 1.807) is 48.5 Å². The Labute approximate surface area is 184 Å². The van der Waals surface area contributed by atoms with E-state index in [4.69, 9.17) is 11.6 Å². The Kier molecular flexibility index (Phi) is 7.35. The van der Waals surface area contributed by atoms with Crippen LogP contribution in [-0.4, -0.2) is 31.8 Å². The Morgan fingerprint density at radius 1 is 0.903 bits per heavy atom. The Morgan fingerprint density at radius 2 is 1.58 bits per heavy atom. The molecule has 31 heavy (non-hydrogen) atoms. The minimum Gasteiger partial charge on any atom is -0.324 e. The molecule has 0 spiro atoms. The molecule has 0 aliphatic rings. The summed E-state index contributed by atoms with van der Waals surface area (Å²) in [6.45, 7) is -0.0949. The van der Waals surface area contributed by atoms with Crippen molar-refractivity contribution in [2.75, 3.05) is 17.2 Å². The van der Waals surface area contributed by atoms with Gasteiger partial charge >= 0.3 is 0 Å². The van der Waals surface area contributed by atoms with Gasteiger partial charge in [-0.15, -0.1) is 0 Å². The summed E-state index contributed by atoms with van der Waals surface area (Å²) in [5.74, 6) is -0.773. The zero-order valence-electron chi connectivity index (χ0n) is 16.2. The number of carbonyl (C=O) groups is 2. The average molecular weight is 459 g/mol. The van der Waals surface area contributed by atoms with Crippen LogP contribution in [0.25, 0.3) is 0 Å². The molecule has 2 amide bonds. The Bertz CT molecular complexity index is 1170. The van der Waals surface area contributed by atoms with Gasteiger partial charge in [0, 0.05) is 35.9 Å². The lowest BCUT2D eigenvalue weighted by Crippen LogP contribution is -2.28. The minimum absolute atomic E-state index is 0.0191. The smallest absolute Gasteiger partial charge is 0.255 e. The van der Waals surface area contributed by atoms with E-state index in [0.717, 1.165) is 0 Å². The van der Waals surface area contributed by atoms with Crippen LogP contribution in [0.4, 0.5) is 11.4 Å². The summed E-state index contributed by atoms with van der Waals surface area (Å²) in [6, 6.07) is 16.0. The summed E-state index contributed by atoms with van der Waals surface area (Å²) in [6.07, 6.45) is 2.59. The fourth-order valence-electron chi connectivity index (χ4n) is 2.60. The molecular weight excluding hydrogens is 440 g/mol. The van der Waals surface area contributed by atoms with Gasteiger partial charge in [0.2, 0.25) is 15.9 Å². The van der Waals surface area contributed by atoms with Crippen molar-refractivity contribution in [3.63, 3.8) is 0 Å². The monoisotopic (exact) mass is 458 g/mol. The van der Waals surface area contributed by atoms with Gasteiger partial charge in [0.25, 0.3) is 5.91 Å². The van der Waals surface area contributed by atoms with Crippen molar-refractivity contribution < 1.29 is 18.0 Å². The summed E-state index contributed by atoms with van der Waals surface area (Å²) >= 11 is 5.84. The van der Waals surface area contributed by atoms with Gasteiger partial charge in [0.1, 0.15) is 4.90 Å². The standard InChI is InChI=1S/C21H19ClN4O4S/c22-16-9-7-15(8-10-16)21(28)26-19-6-2-1-5-18(19)25-20(27)11-13-24-31(29,30)17-4-3-12-23-14-17/h1-10,12,14,24H,11,13H2,(H,25,27)(H,26,28).